The molecule has 1 fully saturated rings. The summed E-state index contributed by atoms with van der Waals surface area (Å²) in [5.41, 5.74) is 2.43. The van der Waals surface area contributed by atoms with E-state index < -0.39 is 0 Å². The number of hydrogen-bond acceptors (Lipinski definition) is 4. The van der Waals surface area contributed by atoms with Crippen molar-refractivity contribution in [3.8, 4) is 11.8 Å². The van der Waals surface area contributed by atoms with Crippen LogP contribution in [0, 0.1) is 11.8 Å². The van der Waals surface area contributed by atoms with Gasteiger partial charge in [0.05, 0.1) is 20.8 Å². The van der Waals surface area contributed by atoms with E-state index in [1.807, 2.05) is 20.0 Å². The summed E-state index contributed by atoms with van der Waals surface area (Å²) in [6.07, 6.45) is 7.88. The first-order valence-corrected chi connectivity index (χ1v) is 10.1. The average Bonchev–Trinajstić information content (AvgIpc) is 3.29. The number of thiophene rings is 1. The second-order valence-corrected chi connectivity index (χ2v) is 7.20. The lowest BCUT2D eigenvalue weighted by atomic mass is 10.2. The number of anilines is 1. The molecular formula is C21H28N2OS. The van der Waals surface area contributed by atoms with Crippen LogP contribution in [-0.2, 0) is 4.79 Å². The Balaban J connectivity index is 0.000000277. The van der Waals surface area contributed by atoms with Crippen LogP contribution in [0.3, 0.4) is 0 Å². The monoisotopic (exact) mass is 356 g/mol. The quantitative estimate of drug-likeness (QED) is 0.685. The number of aromatic nitrogens is 1. The van der Waals surface area contributed by atoms with E-state index in [0.29, 0.717) is 12.2 Å². The molecule has 0 bridgehead atoms. The molecule has 25 heavy (non-hydrogen) atoms. The van der Waals surface area contributed by atoms with Crippen molar-refractivity contribution in [2.24, 2.45) is 0 Å². The van der Waals surface area contributed by atoms with E-state index in [4.69, 9.17) is 0 Å². The van der Waals surface area contributed by atoms with Crippen molar-refractivity contribution in [3.63, 3.8) is 0 Å². The fraction of sp³-hybridized carbons (Fsp3) is 0.524. The first-order chi connectivity index (χ1) is 12.2. The van der Waals surface area contributed by atoms with Gasteiger partial charge in [0.25, 0.3) is 0 Å². The molecule has 3 rings (SSSR count). The molecule has 1 saturated heterocycles. The molecule has 0 amide bonds. The van der Waals surface area contributed by atoms with Gasteiger partial charge >= 0.3 is 0 Å². The Hall–Kier alpha value is -1.86. The highest BCUT2D eigenvalue weighted by molar-refractivity contribution is 7.20. The lowest BCUT2D eigenvalue weighted by molar-refractivity contribution is -0.118. The van der Waals surface area contributed by atoms with E-state index in [1.54, 1.807) is 11.3 Å². The number of fused-ring (bicyclic) bond motifs is 1. The normalized spacial score (nSPS) is 13.2. The van der Waals surface area contributed by atoms with Gasteiger partial charge in [-0.05, 0) is 31.4 Å². The van der Waals surface area contributed by atoms with Crippen LogP contribution in [-0.4, -0.2) is 23.9 Å². The summed E-state index contributed by atoms with van der Waals surface area (Å²) in [5.74, 6) is 6.72. The molecule has 4 heteroatoms. The van der Waals surface area contributed by atoms with Gasteiger partial charge in [-0.25, -0.2) is 0 Å². The first-order valence-electron chi connectivity index (χ1n) is 9.33. The Kier molecular flexibility index (Phi) is 7.94. The molecule has 3 heterocycles. The van der Waals surface area contributed by atoms with Gasteiger partial charge in [-0.1, -0.05) is 32.6 Å². The van der Waals surface area contributed by atoms with Crippen LogP contribution in [0.1, 0.15) is 64.2 Å². The van der Waals surface area contributed by atoms with Crippen LogP contribution in [0.2, 0.25) is 0 Å². The van der Waals surface area contributed by atoms with Crippen molar-refractivity contribution in [3.05, 3.63) is 23.2 Å². The maximum absolute atomic E-state index is 10.4. The summed E-state index contributed by atoms with van der Waals surface area (Å²) in [4.78, 5) is 18.5. The molecule has 0 radical (unpaired) electrons. The Bertz CT molecular complexity index is 748. The molecule has 1 aliphatic rings. The van der Waals surface area contributed by atoms with Crippen molar-refractivity contribution < 1.29 is 4.79 Å². The Morgan fingerprint density at radius 2 is 2.04 bits per heavy atom. The lowest BCUT2D eigenvalue weighted by Crippen LogP contribution is -2.17. The van der Waals surface area contributed by atoms with Crippen LogP contribution in [0.15, 0.2) is 18.3 Å². The maximum atomic E-state index is 10.4. The first kappa shape index (κ1) is 19.5. The van der Waals surface area contributed by atoms with Crippen molar-refractivity contribution in [1.29, 1.82) is 0 Å². The van der Waals surface area contributed by atoms with Crippen molar-refractivity contribution in [2.45, 2.75) is 59.3 Å². The maximum Gasteiger partial charge on any atom is 0.132 e. The number of ketones is 1. The number of rotatable bonds is 4. The van der Waals surface area contributed by atoms with Crippen LogP contribution in [0.25, 0.3) is 10.2 Å². The largest absolute Gasteiger partial charge is 0.370 e. The van der Waals surface area contributed by atoms with Crippen LogP contribution in [0.5, 0.6) is 0 Å². The topological polar surface area (TPSA) is 33.2 Å². The molecule has 0 unspecified atom stereocenters. The number of hydrogen-bond donors (Lipinski definition) is 0. The minimum atomic E-state index is 0.377. The highest BCUT2D eigenvalue weighted by Crippen LogP contribution is 2.34. The smallest absolute Gasteiger partial charge is 0.132 e. The molecule has 0 saturated carbocycles. The Morgan fingerprint density at radius 1 is 1.28 bits per heavy atom. The summed E-state index contributed by atoms with van der Waals surface area (Å²) in [5, 5.41) is 0. The molecule has 2 aromatic heterocycles. The zero-order valence-corrected chi connectivity index (χ0v) is 16.4. The fourth-order valence-corrected chi connectivity index (χ4v) is 3.86. The van der Waals surface area contributed by atoms with Gasteiger partial charge in [-0.15, -0.1) is 11.3 Å². The third-order valence-corrected chi connectivity index (χ3v) is 5.21. The predicted octanol–water partition coefficient (Wildman–Crippen LogP) is 5.42. The van der Waals surface area contributed by atoms with E-state index in [-0.39, 0.29) is 0 Å². The molecule has 134 valence electrons. The average molecular weight is 357 g/mol. The predicted molar refractivity (Wildman–Crippen MR) is 108 cm³/mol. The zero-order chi connectivity index (χ0) is 18.1. The molecule has 0 spiro atoms. The molecule has 0 N–H and O–H groups in total. The highest BCUT2D eigenvalue weighted by atomic mass is 32.1. The molecule has 0 aromatic carbocycles. The van der Waals surface area contributed by atoms with Gasteiger partial charge in [0.15, 0.2) is 0 Å². The van der Waals surface area contributed by atoms with Gasteiger partial charge in [-0.2, -0.15) is 0 Å². The zero-order valence-electron chi connectivity index (χ0n) is 15.6. The molecule has 2 aromatic rings. The molecule has 1 aliphatic heterocycles. The number of nitrogens with zero attached hydrogens (tertiary/aromatic N) is 2. The third kappa shape index (κ3) is 5.57. The second-order valence-electron chi connectivity index (χ2n) is 6.15. The van der Waals surface area contributed by atoms with Gasteiger partial charge < -0.3 is 4.90 Å². The minimum absolute atomic E-state index is 0.377. The van der Waals surface area contributed by atoms with Crippen LogP contribution >= 0.6 is 11.3 Å². The number of pyridine rings is 1. The number of carbonyl (C=O) groups excluding carboxylic acids is 1. The second kappa shape index (κ2) is 10.2. The number of carbonyl (C=O) groups is 1. The Morgan fingerprint density at radius 3 is 2.64 bits per heavy atom. The van der Waals surface area contributed by atoms with E-state index in [1.165, 1.54) is 36.3 Å². The number of Topliss-reactive ketones (excluding diaryl/α,β-unsaturated/α-hetero) is 1. The van der Waals surface area contributed by atoms with E-state index in [0.717, 1.165) is 29.7 Å². The van der Waals surface area contributed by atoms with Gasteiger partial charge in [0.2, 0.25) is 0 Å². The standard InChI is InChI=1S/C15H16N2S.C6H12O/c1-2-3-6-12-11-13-15(18-12)14(7-8-16-13)17-9-4-5-10-17;1-3-5-6(7)4-2/h7-8,11H,2,4-5,9-10H2,1H3;3-5H2,1-2H3. The molecule has 0 atom stereocenters. The summed E-state index contributed by atoms with van der Waals surface area (Å²) >= 11 is 1.77. The molecular weight excluding hydrogens is 328 g/mol. The van der Waals surface area contributed by atoms with E-state index in [2.05, 4.69) is 40.8 Å². The summed E-state index contributed by atoms with van der Waals surface area (Å²) in [6.45, 7) is 8.35. The third-order valence-electron chi connectivity index (χ3n) is 4.15. The van der Waals surface area contributed by atoms with Crippen molar-refractivity contribution >= 4 is 33.0 Å². The van der Waals surface area contributed by atoms with Crippen LogP contribution in [0.4, 0.5) is 5.69 Å². The summed E-state index contributed by atoms with van der Waals surface area (Å²) < 4.78 is 1.29. The highest BCUT2D eigenvalue weighted by Gasteiger charge is 2.16. The molecule has 0 aliphatic carbocycles. The van der Waals surface area contributed by atoms with Crippen LogP contribution < -0.4 is 4.90 Å². The summed E-state index contributed by atoms with van der Waals surface area (Å²) in [6, 6.07) is 4.25. The minimum Gasteiger partial charge on any atom is -0.370 e. The van der Waals surface area contributed by atoms with E-state index >= 15 is 0 Å². The lowest BCUT2D eigenvalue weighted by Gasteiger charge is -2.17. The van der Waals surface area contributed by atoms with Crippen molar-refractivity contribution in [2.75, 3.05) is 18.0 Å². The SMILES string of the molecule is CCC#Cc1cc2nccc(N3CCCC3)c2s1.CCCC(=O)CC. The summed E-state index contributed by atoms with van der Waals surface area (Å²) in [7, 11) is 0. The fourth-order valence-electron chi connectivity index (χ4n) is 2.82. The van der Waals surface area contributed by atoms with Gasteiger partial charge in [0, 0.05) is 38.5 Å². The Labute approximate surface area is 155 Å². The van der Waals surface area contributed by atoms with Gasteiger partial charge in [-0.3, -0.25) is 9.78 Å². The van der Waals surface area contributed by atoms with Gasteiger partial charge in [0.1, 0.15) is 5.78 Å². The van der Waals surface area contributed by atoms with E-state index in [9.17, 15) is 4.79 Å². The molecule has 3 nitrogen and oxygen atoms in total. The van der Waals surface area contributed by atoms with Crippen molar-refractivity contribution in [1.82, 2.24) is 4.98 Å².